The second-order valence-electron chi connectivity index (χ2n) is 7.69. The minimum atomic E-state index is -0.960. The lowest BCUT2D eigenvalue weighted by Gasteiger charge is -2.16. The Morgan fingerprint density at radius 1 is 0.781 bits per heavy atom. The number of aliphatic hydroxyl groups is 1. The normalized spacial score (nSPS) is 11.7. The van der Waals surface area contributed by atoms with E-state index in [1.165, 1.54) is 12.1 Å². The summed E-state index contributed by atoms with van der Waals surface area (Å²) in [6.45, 7) is 7.29. The van der Waals surface area contributed by atoms with Crippen molar-refractivity contribution in [2.45, 2.75) is 33.8 Å². The third-order valence-electron chi connectivity index (χ3n) is 5.27. The average molecular weight is 453 g/mol. The van der Waals surface area contributed by atoms with Crippen LogP contribution in [0.25, 0.3) is 0 Å². The summed E-state index contributed by atoms with van der Waals surface area (Å²) in [6, 6.07) is 15.5. The van der Waals surface area contributed by atoms with Gasteiger partial charge in [0.1, 0.15) is 0 Å². The molecule has 3 aromatic rings. The van der Waals surface area contributed by atoms with Crippen LogP contribution in [0.1, 0.15) is 54.6 Å². The van der Waals surface area contributed by atoms with Crippen LogP contribution in [0.15, 0.2) is 54.6 Å². The van der Waals surface area contributed by atoms with Crippen molar-refractivity contribution in [3.05, 3.63) is 93.5 Å². The molecule has 1 unspecified atom stereocenters. The number of ether oxygens (including phenoxy) is 2. The second-order valence-corrected chi connectivity index (χ2v) is 8.00. The molecule has 1 N–H and O–H groups in total. The lowest BCUT2D eigenvalue weighted by atomic mass is 10.0. The van der Waals surface area contributed by atoms with E-state index in [-0.39, 0.29) is 17.4 Å². The van der Waals surface area contributed by atoms with Gasteiger partial charge in [-0.1, -0.05) is 42.5 Å². The molecule has 5 nitrogen and oxygen atoms in total. The molecule has 0 spiro atoms. The molecule has 0 radical (unpaired) electrons. The van der Waals surface area contributed by atoms with Crippen molar-refractivity contribution in [1.29, 1.82) is 0 Å². The molecule has 1 atom stereocenters. The van der Waals surface area contributed by atoms with Crippen LogP contribution in [0.4, 0.5) is 0 Å². The van der Waals surface area contributed by atoms with Gasteiger partial charge >= 0.3 is 11.9 Å². The smallest absolute Gasteiger partial charge is 0.344 e. The Labute approximate surface area is 192 Å². The van der Waals surface area contributed by atoms with Gasteiger partial charge in [0.2, 0.25) is 0 Å². The number of aliphatic hydroxyl groups excluding tert-OH is 1. The van der Waals surface area contributed by atoms with E-state index in [0.29, 0.717) is 16.7 Å². The van der Waals surface area contributed by atoms with Gasteiger partial charge in [0.05, 0.1) is 23.1 Å². The molecule has 0 aromatic heterocycles. The van der Waals surface area contributed by atoms with Crippen LogP contribution in [-0.2, 0) is 0 Å². The zero-order valence-electron chi connectivity index (χ0n) is 18.4. The number of esters is 2. The number of rotatable bonds is 6. The molecule has 0 aliphatic rings. The summed E-state index contributed by atoms with van der Waals surface area (Å²) in [5, 5.41) is 10.1. The number of halogens is 1. The summed E-state index contributed by atoms with van der Waals surface area (Å²) in [5.74, 6) is -1.08. The Morgan fingerprint density at radius 3 is 1.66 bits per heavy atom. The summed E-state index contributed by atoms with van der Waals surface area (Å²) < 4.78 is 11.3. The molecule has 32 heavy (non-hydrogen) atoms. The third kappa shape index (κ3) is 5.01. The van der Waals surface area contributed by atoms with E-state index in [9.17, 15) is 14.7 Å². The van der Waals surface area contributed by atoms with Crippen LogP contribution in [0, 0.1) is 27.7 Å². The molecule has 166 valence electrons. The van der Waals surface area contributed by atoms with E-state index in [1.807, 2.05) is 64.1 Å². The molecule has 0 amide bonds. The van der Waals surface area contributed by atoms with Crippen molar-refractivity contribution in [3.8, 4) is 11.5 Å². The van der Waals surface area contributed by atoms with E-state index in [1.54, 1.807) is 6.07 Å². The monoisotopic (exact) mass is 452 g/mol. The average Bonchev–Trinajstić information content (AvgIpc) is 2.74. The van der Waals surface area contributed by atoms with E-state index < -0.39 is 18.0 Å². The highest BCUT2D eigenvalue weighted by Crippen LogP contribution is 2.33. The van der Waals surface area contributed by atoms with Gasteiger partial charge in [-0.05, 0) is 67.6 Å². The zero-order chi connectivity index (χ0) is 23.4. The fourth-order valence-electron chi connectivity index (χ4n) is 3.56. The summed E-state index contributed by atoms with van der Waals surface area (Å²) in [7, 11) is 0. The van der Waals surface area contributed by atoms with Gasteiger partial charge in [-0.25, -0.2) is 9.59 Å². The minimum Gasteiger partial charge on any atom is -0.419 e. The molecule has 0 fully saturated rings. The quantitative estimate of drug-likeness (QED) is 0.298. The van der Waals surface area contributed by atoms with Crippen LogP contribution in [-0.4, -0.2) is 22.9 Å². The first kappa shape index (κ1) is 23.5. The predicted octanol–water partition coefficient (Wildman–Crippen LogP) is 5.63. The fourth-order valence-corrected chi connectivity index (χ4v) is 3.74. The maximum absolute atomic E-state index is 13.0. The molecular weight excluding hydrogens is 428 g/mol. The molecule has 6 heteroatoms. The van der Waals surface area contributed by atoms with Crippen LogP contribution >= 0.6 is 11.6 Å². The number of alkyl halides is 1. The van der Waals surface area contributed by atoms with Crippen molar-refractivity contribution in [2.75, 3.05) is 5.88 Å². The first-order valence-corrected chi connectivity index (χ1v) is 10.7. The van der Waals surface area contributed by atoms with Gasteiger partial charge < -0.3 is 14.6 Å². The Kier molecular flexibility index (Phi) is 7.33. The number of benzene rings is 3. The van der Waals surface area contributed by atoms with E-state index >= 15 is 0 Å². The Hall–Kier alpha value is -3.15. The first-order valence-electron chi connectivity index (χ1n) is 10.2. The van der Waals surface area contributed by atoms with Gasteiger partial charge in [-0.2, -0.15) is 0 Å². The highest BCUT2D eigenvalue weighted by atomic mass is 35.5. The van der Waals surface area contributed by atoms with Crippen LogP contribution in [0.5, 0.6) is 11.5 Å². The molecule has 0 aliphatic carbocycles. The molecule has 0 bridgehead atoms. The largest absolute Gasteiger partial charge is 0.419 e. The second kappa shape index (κ2) is 9.98. The maximum Gasteiger partial charge on any atom is 0.344 e. The van der Waals surface area contributed by atoms with Crippen molar-refractivity contribution in [3.63, 3.8) is 0 Å². The summed E-state index contributed by atoms with van der Waals surface area (Å²) >= 11 is 5.78. The van der Waals surface area contributed by atoms with E-state index in [0.717, 1.165) is 22.3 Å². The molecule has 3 rings (SSSR count). The number of aryl methyl sites for hydroxylation is 4. The Morgan fingerprint density at radius 2 is 1.22 bits per heavy atom. The zero-order valence-corrected chi connectivity index (χ0v) is 19.2. The van der Waals surface area contributed by atoms with Crippen LogP contribution < -0.4 is 9.47 Å². The van der Waals surface area contributed by atoms with Crippen molar-refractivity contribution in [1.82, 2.24) is 0 Å². The Bertz CT molecular complexity index is 1130. The number of carbonyl (C=O) groups excluding carboxylic acids is 2. The van der Waals surface area contributed by atoms with Gasteiger partial charge in [0.15, 0.2) is 11.5 Å². The summed E-state index contributed by atoms with van der Waals surface area (Å²) in [4.78, 5) is 25.9. The van der Waals surface area contributed by atoms with E-state index in [4.69, 9.17) is 21.1 Å². The maximum atomic E-state index is 13.0. The number of carbonyl (C=O) groups is 2. The van der Waals surface area contributed by atoms with Gasteiger partial charge in [0.25, 0.3) is 0 Å². The molecular formula is C26H25ClO5. The van der Waals surface area contributed by atoms with Gasteiger partial charge in [-0.3, -0.25) is 0 Å². The van der Waals surface area contributed by atoms with E-state index in [2.05, 4.69) is 0 Å². The summed E-state index contributed by atoms with van der Waals surface area (Å²) in [5.41, 5.74) is 4.40. The molecule has 0 saturated carbocycles. The van der Waals surface area contributed by atoms with Gasteiger partial charge in [-0.15, -0.1) is 11.6 Å². The minimum absolute atomic E-state index is 0.0268. The lowest BCUT2D eigenvalue weighted by Crippen LogP contribution is -2.16. The predicted molar refractivity (Wildman–Crippen MR) is 124 cm³/mol. The highest BCUT2D eigenvalue weighted by molar-refractivity contribution is 6.18. The SMILES string of the molecule is Cc1cccc(C)c1C(=O)Oc1ccc(C(O)CCl)cc1OC(=O)c1c(C)cccc1C. The Balaban J connectivity index is 1.99. The van der Waals surface area contributed by atoms with Crippen molar-refractivity contribution < 1.29 is 24.2 Å². The number of hydrogen-bond acceptors (Lipinski definition) is 5. The van der Waals surface area contributed by atoms with Crippen molar-refractivity contribution in [2.24, 2.45) is 0 Å². The molecule has 0 saturated heterocycles. The molecule has 0 heterocycles. The highest BCUT2D eigenvalue weighted by Gasteiger charge is 2.22. The van der Waals surface area contributed by atoms with Crippen molar-refractivity contribution >= 4 is 23.5 Å². The standard InChI is InChI=1S/C26H25ClO5/c1-15-7-5-8-16(2)23(15)25(29)31-21-12-11-19(20(28)14-27)13-22(21)32-26(30)24-17(3)9-6-10-18(24)4/h5-13,20,28H,14H2,1-4H3. The summed E-state index contributed by atoms with van der Waals surface area (Å²) in [6.07, 6.45) is -0.960. The fraction of sp³-hybridized carbons (Fsp3) is 0.231. The lowest BCUT2D eigenvalue weighted by molar-refractivity contribution is 0.0680. The molecule has 0 aliphatic heterocycles. The van der Waals surface area contributed by atoms with Crippen LogP contribution in [0.3, 0.4) is 0 Å². The number of hydrogen-bond donors (Lipinski definition) is 1. The third-order valence-corrected chi connectivity index (χ3v) is 5.57. The van der Waals surface area contributed by atoms with Gasteiger partial charge in [0, 0.05) is 0 Å². The first-order chi connectivity index (χ1) is 15.2. The molecule has 3 aromatic carbocycles. The van der Waals surface area contributed by atoms with Crippen LogP contribution in [0.2, 0.25) is 0 Å². The topological polar surface area (TPSA) is 72.8 Å².